The molecule has 4 aromatic carbocycles. The van der Waals surface area contributed by atoms with Gasteiger partial charge in [0.1, 0.15) is 18.4 Å². The average molecular weight is 667 g/mol. The molecule has 0 radical (unpaired) electrons. The Bertz CT molecular complexity index is 1640. The van der Waals surface area contributed by atoms with E-state index in [0.29, 0.717) is 0 Å². The largest absolute Gasteiger partial charge is 0.352 e. The molecule has 4 aromatic rings. The van der Waals surface area contributed by atoms with Gasteiger partial charge in [0.2, 0.25) is 11.8 Å². The third-order valence-electron chi connectivity index (χ3n) is 6.70. The van der Waals surface area contributed by atoms with Crippen molar-refractivity contribution in [1.82, 2.24) is 10.2 Å². The molecule has 1 atom stereocenters. The molecular formula is C33H33BrFN3O4S. The van der Waals surface area contributed by atoms with Crippen molar-refractivity contribution in [2.45, 2.75) is 43.8 Å². The van der Waals surface area contributed by atoms with Crippen molar-refractivity contribution < 1.29 is 22.4 Å². The molecule has 7 nitrogen and oxygen atoms in total. The zero-order valence-corrected chi connectivity index (χ0v) is 26.3. The van der Waals surface area contributed by atoms with Gasteiger partial charge in [-0.1, -0.05) is 88.7 Å². The van der Waals surface area contributed by atoms with E-state index in [1.165, 1.54) is 35.2 Å². The second-order valence-electron chi connectivity index (χ2n) is 10.3. The van der Waals surface area contributed by atoms with Crippen molar-refractivity contribution in [2.24, 2.45) is 0 Å². The molecule has 1 N–H and O–H groups in total. The van der Waals surface area contributed by atoms with Gasteiger partial charge in [0.05, 0.1) is 10.6 Å². The molecule has 0 aromatic heterocycles. The summed E-state index contributed by atoms with van der Waals surface area (Å²) in [5, 5.41) is 2.91. The van der Waals surface area contributed by atoms with Crippen LogP contribution in [0.3, 0.4) is 0 Å². The van der Waals surface area contributed by atoms with Gasteiger partial charge in [-0.2, -0.15) is 0 Å². The summed E-state index contributed by atoms with van der Waals surface area (Å²) in [5.41, 5.74) is 1.28. The first kappa shape index (κ1) is 31.9. The van der Waals surface area contributed by atoms with Gasteiger partial charge in [-0.05, 0) is 61.4 Å². The Labute approximate surface area is 260 Å². The van der Waals surface area contributed by atoms with Crippen LogP contribution >= 0.6 is 15.9 Å². The summed E-state index contributed by atoms with van der Waals surface area (Å²) in [4.78, 5) is 29.3. The highest BCUT2D eigenvalue weighted by molar-refractivity contribution is 9.10. The number of nitrogens with zero attached hydrogens (tertiary/aromatic N) is 2. The maximum atomic E-state index is 15.1. The Morgan fingerprint density at radius 2 is 1.40 bits per heavy atom. The molecule has 0 aliphatic heterocycles. The Morgan fingerprint density at radius 1 is 0.814 bits per heavy atom. The normalized spacial score (nSPS) is 12.0. The second-order valence-corrected chi connectivity index (χ2v) is 13.1. The number of carbonyl (C=O) groups is 2. The molecule has 43 heavy (non-hydrogen) atoms. The van der Waals surface area contributed by atoms with Crippen molar-refractivity contribution in [2.75, 3.05) is 10.8 Å². The zero-order valence-electron chi connectivity index (χ0n) is 23.9. The minimum Gasteiger partial charge on any atom is -0.352 e. The number of sulfonamides is 1. The number of rotatable bonds is 12. The molecule has 10 heteroatoms. The first-order chi connectivity index (χ1) is 20.6. The predicted octanol–water partition coefficient (Wildman–Crippen LogP) is 5.95. The first-order valence-corrected chi connectivity index (χ1v) is 16.0. The van der Waals surface area contributed by atoms with Crippen LogP contribution in [0.5, 0.6) is 0 Å². The number of hydrogen-bond acceptors (Lipinski definition) is 4. The van der Waals surface area contributed by atoms with Gasteiger partial charge in [-0.15, -0.1) is 0 Å². The highest BCUT2D eigenvalue weighted by atomic mass is 79.9. The van der Waals surface area contributed by atoms with E-state index in [0.717, 1.165) is 26.0 Å². The van der Waals surface area contributed by atoms with Gasteiger partial charge in [0.25, 0.3) is 10.0 Å². The van der Waals surface area contributed by atoms with E-state index in [1.807, 2.05) is 68.4 Å². The summed E-state index contributed by atoms with van der Waals surface area (Å²) in [6, 6.07) is 28.3. The van der Waals surface area contributed by atoms with Crippen LogP contribution in [-0.4, -0.2) is 43.8 Å². The summed E-state index contributed by atoms with van der Waals surface area (Å²) in [7, 11) is -4.37. The molecule has 0 spiro atoms. The van der Waals surface area contributed by atoms with Crippen LogP contribution in [0.15, 0.2) is 119 Å². The molecule has 0 unspecified atom stereocenters. The molecule has 4 rings (SSSR count). The van der Waals surface area contributed by atoms with E-state index < -0.39 is 34.3 Å². The summed E-state index contributed by atoms with van der Waals surface area (Å²) in [6.07, 6.45) is 0.187. The zero-order chi connectivity index (χ0) is 31.0. The number of hydrogen-bond donors (Lipinski definition) is 1. The van der Waals surface area contributed by atoms with E-state index >= 15 is 4.39 Å². The number of carbonyl (C=O) groups excluding carboxylic acids is 2. The summed E-state index contributed by atoms with van der Waals surface area (Å²) in [6.45, 7) is 2.94. The fourth-order valence-electron chi connectivity index (χ4n) is 4.61. The van der Waals surface area contributed by atoms with Crippen LogP contribution < -0.4 is 9.62 Å². The van der Waals surface area contributed by atoms with Crippen LogP contribution in [0.4, 0.5) is 10.1 Å². The van der Waals surface area contributed by atoms with Crippen molar-refractivity contribution in [3.05, 3.63) is 131 Å². The fourth-order valence-corrected chi connectivity index (χ4v) is 6.32. The lowest BCUT2D eigenvalue weighted by atomic mass is 10.0. The van der Waals surface area contributed by atoms with E-state index in [-0.39, 0.29) is 35.5 Å². The Kier molecular flexibility index (Phi) is 10.7. The van der Waals surface area contributed by atoms with Crippen molar-refractivity contribution in [1.29, 1.82) is 0 Å². The maximum Gasteiger partial charge on any atom is 0.264 e. The van der Waals surface area contributed by atoms with Crippen molar-refractivity contribution in [3.63, 3.8) is 0 Å². The van der Waals surface area contributed by atoms with Crippen molar-refractivity contribution in [3.8, 4) is 0 Å². The third-order valence-corrected chi connectivity index (χ3v) is 9.00. The molecule has 0 aliphatic carbocycles. The van der Waals surface area contributed by atoms with Gasteiger partial charge in [0, 0.05) is 23.5 Å². The van der Waals surface area contributed by atoms with Gasteiger partial charge < -0.3 is 10.2 Å². The molecule has 2 amide bonds. The quantitative estimate of drug-likeness (QED) is 0.203. The maximum absolute atomic E-state index is 15.1. The molecule has 0 bridgehead atoms. The van der Waals surface area contributed by atoms with Gasteiger partial charge in [-0.25, -0.2) is 12.8 Å². The van der Waals surface area contributed by atoms with Crippen molar-refractivity contribution >= 4 is 43.5 Å². The number of para-hydroxylation sites is 1. The Morgan fingerprint density at radius 3 is 2.00 bits per heavy atom. The number of anilines is 1. The van der Waals surface area contributed by atoms with Gasteiger partial charge >= 0.3 is 0 Å². The molecule has 0 saturated carbocycles. The summed E-state index contributed by atoms with van der Waals surface area (Å²) >= 11 is 3.42. The Hall–Kier alpha value is -4.02. The minimum absolute atomic E-state index is 0.0195. The molecule has 0 fully saturated rings. The van der Waals surface area contributed by atoms with E-state index in [1.54, 1.807) is 18.2 Å². The lowest BCUT2D eigenvalue weighted by molar-refractivity contribution is -0.140. The lowest BCUT2D eigenvalue weighted by Gasteiger charge is -2.34. The number of halogens is 2. The van der Waals surface area contributed by atoms with Crippen LogP contribution in [0, 0.1) is 5.82 Å². The number of nitrogens with one attached hydrogen (secondary N) is 1. The monoisotopic (exact) mass is 665 g/mol. The summed E-state index contributed by atoms with van der Waals surface area (Å²) in [5.74, 6) is -1.84. The third kappa shape index (κ3) is 8.30. The fraction of sp³-hybridized carbons (Fsp3) is 0.212. The molecule has 0 saturated heterocycles. The van der Waals surface area contributed by atoms with E-state index in [4.69, 9.17) is 0 Å². The SMILES string of the molecule is CC(C)NC(=O)[C@@H](Cc1ccccc1)N(Cc1ccc(Br)cc1)C(=O)CN(c1ccccc1F)S(=O)(=O)c1ccccc1. The highest BCUT2D eigenvalue weighted by Gasteiger charge is 2.35. The van der Waals surface area contributed by atoms with Crippen LogP contribution in [0.25, 0.3) is 0 Å². The standard InChI is InChI=1S/C33H33BrFN3O4S/c1-24(2)36-33(40)31(21-25-11-5-3-6-12-25)37(22-26-17-19-27(34)20-18-26)32(39)23-38(30-16-10-9-15-29(30)35)43(41,42)28-13-7-4-8-14-28/h3-20,24,31H,21-23H2,1-2H3,(H,36,40)/t31-/m1/s1. The molecule has 224 valence electrons. The molecular weight excluding hydrogens is 633 g/mol. The van der Waals surface area contributed by atoms with Crippen LogP contribution in [0.1, 0.15) is 25.0 Å². The molecule has 0 heterocycles. The van der Waals surface area contributed by atoms with Crippen LogP contribution in [-0.2, 0) is 32.6 Å². The van der Waals surface area contributed by atoms with Gasteiger partial charge in [-0.3, -0.25) is 13.9 Å². The molecule has 0 aliphatic rings. The lowest BCUT2D eigenvalue weighted by Crippen LogP contribution is -2.54. The van der Waals surface area contributed by atoms with Crippen LogP contribution in [0.2, 0.25) is 0 Å². The Balaban J connectivity index is 1.80. The second kappa shape index (κ2) is 14.4. The van der Waals surface area contributed by atoms with Gasteiger partial charge in [0.15, 0.2) is 0 Å². The van der Waals surface area contributed by atoms with E-state index in [2.05, 4.69) is 21.2 Å². The topological polar surface area (TPSA) is 86.8 Å². The number of amides is 2. The minimum atomic E-state index is -4.37. The number of benzene rings is 4. The first-order valence-electron chi connectivity index (χ1n) is 13.8. The van der Waals surface area contributed by atoms with E-state index in [9.17, 15) is 18.0 Å². The summed E-state index contributed by atoms with van der Waals surface area (Å²) < 4.78 is 44.5. The smallest absolute Gasteiger partial charge is 0.264 e. The average Bonchev–Trinajstić information content (AvgIpc) is 2.99. The highest BCUT2D eigenvalue weighted by Crippen LogP contribution is 2.27. The predicted molar refractivity (Wildman–Crippen MR) is 169 cm³/mol.